The average Bonchev–Trinajstić information content (AvgIpc) is 3.50. The highest BCUT2D eigenvalue weighted by molar-refractivity contribution is 6.30. The molecule has 0 radical (unpaired) electrons. The van der Waals surface area contributed by atoms with Gasteiger partial charge >= 0.3 is 0 Å². The van der Waals surface area contributed by atoms with Crippen molar-refractivity contribution in [1.82, 2.24) is 19.8 Å². The third kappa shape index (κ3) is 3.08. The largest absolute Gasteiger partial charge is 0.309 e. The molecule has 0 bridgehead atoms. The van der Waals surface area contributed by atoms with Crippen LogP contribution in [-0.4, -0.2) is 70.9 Å². The van der Waals surface area contributed by atoms with Gasteiger partial charge in [0.1, 0.15) is 0 Å². The van der Waals surface area contributed by atoms with E-state index in [1.165, 1.54) is 12.8 Å². The van der Waals surface area contributed by atoms with Crippen molar-refractivity contribution in [2.75, 3.05) is 39.3 Å². The van der Waals surface area contributed by atoms with Gasteiger partial charge in [-0.1, -0.05) is 48.9 Å². The quantitative estimate of drug-likeness (QED) is 0.719. The van der Waals surface area contributed by atoms with Crippen LogP contribution in [0.3, 0.4) is 0 Å². The zero-order valence-corrected chi connectivity index (χ0v) is 18.5. The lowest BCUT2D eigenvalue weighted by molar-refractivity contribution is -0.142. The topological polar surface area (TPSA) is 47.1 Å². The number of carbonyl (C=O) groups is 2. The molecule has 5 rings (SSSR count). The first-order chi connectivity index (χ1) is 15.1. The molecular formula is C24H27ClN4O2. The summed E-state index contributed by atoms with van der Waals surface area (Å²) in [5, 5.41) is 5.07. The number of hydrogen-bond donors (Lipinski definition) is 0. The molecule has 2 aromatic carbocycles. The van der Waals surface area contributed by atoms with Crippen molar-refractivity contribution in [3.63, 3.8) is 0 Å². The van der Waals surface area contributed by atoms with E-state index < -0.39 is 5.66 Å². The van der Waals surface area contributed by atoms with Gasteiger partial charge in [-0.05, 0) is 31.0 Å². The van der Waals surface area contributed by atoms with Crippen molar-refractivity contribution in [2.24, 2.45) is 0 Å². The number of amides is 2. The number of carbonyl (C=O) groups excluding carboxylic acids is 2. The molecule has 2 fully saturated rings. The number of halogens is 1. The zero-order valence-electron chi connectivity index (χ0n) is 17.8. The first-order valence-electron chi connectivity index (χ1n) is 11.0. The maximum Gasteiger partial charge on any atom is 0.256 e. The average molecular weight is 439 g/mol. The van der Waals surface area contributed by atoms with E-state index in [1.807, 2.05) is 58.3 Å². The van der Waals surface area contributed by atoms with Gasteiger partial charge in [0, 0.05) is 54.4 Å². The van der Waals surface area contributed by atoms with E-state index in [9.17, 15) is 9.59 Å². The third-order valence-corrected chi connectivity index (χ3v) is 7.07. The maximum absolute atomic E-state index is 13.8. The first kappa shape index (κ1) is 20.5. The van der Waals surface area contributed by atoms with Gasteiger partial charge < -0.3 is 9.80 Å². The van der Waals surface area contributed by atoms with Gasteiger partial charge in [-0.2, -0.15) is 0 Å². The number of nitrogens with zero attached hydrogens (tertiary/aromatic N) is 4. The van der Waals surface area contributed by atoms with Gasteiger partial charge in [0.25, 0.3) is 5.91 Å². The summed E-state index contributed by atoms with van der Waals surface area (Å²) >= 11 is 6.17. The molecule has 0 spiro atoms. The number of hydrazine groups is 1. The number of rotatable bonds is 5. The van der Waals surface area contributed by atoms with Crippen LogP contribution in [0.2, 0.25) is 5.02 Å². The second-order valence-electron chi connectivity index (χ2n) is 8.37. The van der Waals surface area contributed by atoms with E-state index in [0.717, 1.165) is 30.8 Å². The van der Waals surface area contributed by atoms with Crippen LogP contribution in [0, 0.1) is 0 Å². The molecule has 0 saturated carbocycles. The van der Waals surface area contributed by atoms with E-state index in [-0.39, 0.29) is 11.8 Å². The van der Waals surface area contributed by atoms with Gasteiger partial charge in [-0.25, -0.2) is 10.0 Å². The monoisotopic (exact) mass is 438 g/mol. The number of hydrogen-bond acceptors (Lipinski definition) is 4. The van der Waals surface area contributed by atoms with Crippen LogP contribution < -0.4 is 0 Å². The van der Waals surface area contributed by atoms with Gasteiger partial charge in [0.05, 0.1) is 6.54 Å². The maximum atomic E-state index is 13.8. The molecule has 0 aliphatic carbocycles. The fraction of sp³-hybridized carbons (Fsp3) is 0.417. The zero-order chi connectivity index (χ0) is 21.6. The smallest absolute Gasteiger partial charge is 0.256 e. The van der Waals surface area contributed by atoms with Crippen molar-refractivity contribution < 1.29 is 9.59 Å². The first-order valence-corrected chi connectivity index (χ1v) is 11.4. The molecule has 7 heteroatoms. The highest BCUT2D eigenvalue weighted by atomic mass is 35.5. The summed E-state index contributed by atoms with van der Waals surface area (Å²) < 4.78 is 0. The van der Waals surface area contributed by atoms with Crippen LogP contribution in [0.4, 0.5) is 0 Å². The van der Waals surface area contributed by atoms with Crippen LogP contribution in [0.25, 0.3) is 0 Å². The minimum atomic E-state index is -0.917. The predicted molar refractivity (Wildman–Crippen MR) is 119 cm³/mol. The summed E-state index contributed by atoms with van der Waals surface area (Å²) in [6.45, 7) is 6.21. The Morgan fingerprint density at radius 1 is 1.03 bits per heavy atom. The summed E-state index contributed by atoms with van der Waals surface area (Å²) in [5.41, 5.74) is 1.52. The highest BCUT2D eigenvalue weighted by Gasteiger charge is 2.59. The summed E-state index contributed by atoms with van der Waals surface area (Å²) in [6, 6.07) is 15.2. The Kier molecular flexibility index (Phi) is 5.24. The lowest BCUT2D eigenvalue weighted by Gasteiger charge is -2.41. The molecule has 3 aliphatic heterocycles. The van der Waals surface area contributed by atoms with Crippen molar-refractivity contribution >= 4 is 23.4 Å². The van der Waals surface area contributed by atoms with Crippen molar-refractivity contribution in [3.05, 3.63) is 70.2 Å². The predicted octanol–water partition coefficient (Wildman–Crippen LogP) is 3.17. The molecule has 31 heavy (non-hydrogen) atoms. The van der Waals surface area contributed by atoms with Crippen molar-refractivity contribution in [2.45, 2.75) is 25.4 Å². The molecule has 3 heterocycles. The molecule has 1 unspecified atom stereocenters. The highest BCUT2D eigenvalue weighted by Crippen LogP contribution is 2.49. The van der Waals surface area contributed by atoms with Crippen LogP contribution in [-0.2, 0) is 10.5 Å². The van der Waals surface area contributed by atoms with Crippen LogP contribution in [0.1, 0.15) is 41.3 Å². The SMILES string of the molecule is CCN(CC(=O)N1CCN2C(=O)c3ccccc3C12c1ccc(Cl)cc1)N1CCCC1. The van der Waals surface area contributed by atoms with Gasteiger partial charge in [0.2, 0.25) is 5.91 Å². The second kappa shape index (κ2) is 7.93. The second-order valence-corrected chi connectivity index (χ2v) is 8.80. The van der Waals surface area contributed by atoms with Crippen LogP contribution >= 0.6 is 11.6 Å². The van der Waals surface area contributed by atoms with E-state index in [0.29, 0.717) is 30.2 Å². The van der Waals surface area contributed by atoms with Crippen molar-refractivity contribution in [1.29, 1.82) is 0 Å². The summed E-state index contributed by atoms with van der Waals surface area (Å²) in [5.74, 6) is 0.0171. The van der Waals surface area contributed by atoms with Crippen LogP contribution in [0.15, 0.2) is 48.5 Å². The Bertz CT molecular complexity index is 1000. The number of likely N-dealkylation sites (N-methyl/N-ethyl adjacent to an activating group) is 1. The Morgan fingerprint density at radius 3 is 2.45 bits per heavy atom. The molecule has 2 saturated heterocycles. The Hall–Kier alpha value is -2.41. The van der Waals surface area contributed by atoms with E-state index >= 15 is 0 Å². The third-order valence-electron chi connectivity index (χ3n) is 6.82. The molecule has 0 N–H and O–H groups in total. The van der Waals surface area contributed by atoms with Gasteiger partial charge in [-0.15, -0.1) is 0 Å². The molecule has 2 aromatic rings. The standard InChI is InChI=1S/C24H27ClN4O2/c1-2-26(27-13-5-6-14-27)17-22(30)28-15-16-29-23(31)20-7-3-4-8-21(20)24(28,29)18-9-11-19(25)12-10-18/h3-4,7-12H,2,5-6,13-17H2,1H3. The molecule has 1 atom stereocenters. The van der Waals surface area contributed by atoms with Crippen molar-refractivity contribution in [3.8, 4) is 0 Å². The van der Waals surface area contributed by atoms with Gasteiger partial charge in [0.15, 0.2) is 5.66 Å². The summed E-state index contributed by atoms with van der Waals surface area (Å²) in [7, 11) is 0. The molecule has 0 aromatic heterocycles. The van der Waals surface area contributed by atoms with E-state index in [1.54, 1.807) is 0 Å². The molecule has 3 aliphatic rings. The lowest BCUT2D eigenvalue weighted by atomic mass is 9.90. The fourth-order valence-corrected chi connectivity index (χ4v) is 5.54. The Balaban J connectivity index is 1.58. The molecule has 6 nitrogen and oxygen atoms in total. The minimum Gasteiger partial charge on any atom is -0.309 e. The minimum absolute atomic E-state index is 0.0206. The Morgan fingerprint density at radius 2 is 1.74 bits per heavy atom. The van der Waals surface area contributed by atoms with E-state index in [2.05, 4.69) is 16.9 Å². The number of fused-ring (bicyclic) bond motifs is 3. The molecule has 162 valence electrons. The van der Waals surface area contributed by atoms with Crippen LogP contribution in [0.5, 0.6) is 0 Å². The van der Waals surface area contributed by atoms with E-state index in [4.69, 9.17) is 11.6 Å². The van der Waals surface area contributed by atoms with Gasteiger partial charge in [-0.3, -0.25) is 9.59 Å². The number of benzene rings is 2. The molecular weight excluding hydrogens is 412 g/mol. The fourth-order valence-electron chi connectivity index (χ4n) is 5.42. The molecule has 2 amide bonds. The summed E-state index contributed by atoms with van der Waals surface area (Å²) in [4.78, 5) is 30.8. The summed E-state index contributed by atoms with van der Waals surface area (Å²) in [6.07, 6.45) is 2.33. The normalized spacial score (nSPS) is 23.0. The Labute approximate surface area is 187 Å². The lowest BCUT2D eigenvalue weighted by Crippen LogP contribution is -2.55.